The van der Waals surface area contributed by atoms with Crippen molar-refractivity contribution < 1.29 is 72.8 Å². The largest absolute Gasteiger partial charge is 0.460 e. The molecule has 1 saturated carbocycles. The smallest absolute Gasteiger partial charge is 0.329 e. The molecule has 0 aromatic carbocycles. The summed E-state index contributed by atoms with van der Waals surface area (Å²) in [5, 5.41) is 43.2. The monoisotopic (exact) mass is 1000 g/mol. The van der Waals surface area contributed by atoms with Crippen molar-refractivity contribution in [1.82, 2.24) is 4.90 Å². The zero-order chi connectivity index (χ0) is 52.4. The zero-order valence-electron chi connectivity index (χ0n) is 44.0. The van der Waals surface area contributed by atoms with Crippen molar-refractivity contribution in [3.05, 3.63) is 47.6 Å². The molecule has 0 spiro atoms. The van der Waals surface area contributed by atoms with Gasteiger partial charge in [0, 0.05) is 64.6 Å². The number of carbonyl (C=O) groups excluding carboxylic acids is 5. The molecule has 4 aliphatic rings. The van der Waals surface area contributed by atoms with Crippen LogP contribution in [-0.2, 0) is 52.4 Å². The van der Waals surface area contributed by atoms with E-state index in [-0.39, 0.29) is 74.4 Å². The highest BCUT2D eigenvalue weighted by Gasteiger charge is 2.53. The number of allylic oxidation sites excluding steroid dienone is 6. The molecule has 4 N–H and O–H groups in total. The van der Waals surface area contributed by atoms with Crippen LogP contribution in [0.1, 0.15) is 132 Å². The second-order valence-electron chi connectivity index (χ2n) is 20.9. The zero-order valence-corrected chi connectivity index (χ0v) is 44.0. The molecule has 15 atom stereocenters. The number of rotatable bonds is 12. The molecule has 0 unspecified atom stereocenters. The minimum absolute atomic E-state index is 0.0109. The van der Waals surface area contributed by atoms with Gasteiger partial charge in [0.25, 0.3) is 11.7 Å². The van der Waals surface area contributed by atoms with Crippen LogP contribution in [0.3, 0.4) is 0 Å². The number of carbonyl (C=O) groups is 5. The Balaban J connectivity index is 1.71. The van der Waals surface area contributed by atoms with E-state index in [1.54, 1.807) is 34.0 Å². The summed E-state index contributed by atoms with van der Waals surface area (Å²) in [7, 11) is 2.94. The van der Waals surface area contributed by atoms with Gasteiger partial charge in [-0.25, -0.2) is 4.79 Å². The molecule has 0 radical (unpaired) electrons. The summed E-state index contributed by atoms with van der Waals surface area (Å²) < 4.78 is 35.5. The Labute approximate surface area is 422 Å². The molecule has 3 fully saturated rings. The van der Waals surface area contributed by atoms with Crippen molar-refractivity contribution in [3.63, 3.8) is 0 Å². The molecule has 0 aromatic rings. The Bertz CT molecular complexity index is 1860. The maximum atomic E-state index is 14.5. The van der Waals surface area contributed by atoms with Crippen molar-refractivity contribution in [2.24, 2.45) is 35.5 Å². The van der Waals surface area contributed by atoms with Gasteiger partial charge < -0.3 is 53.7 Å². The third-order valence-corrected chi connectivity index (χ3v) is 15.2. The van der Waals surface area contributed by atoms with E-state index < -0.39 is 83.9 Å². The van der Waals surface area contributed by atoms with Gasteiger partial charge in [0.1, 0.15) is 30.1 Å². The Morgan fingerprint density at radius 2 is 1.61 bits per heavy atom. The first-order valence-corrected chi connectivity index (χ1v) is 26.2. The third kappa shape index (κ3) is 17.3. The number of cyclic esters (lactones) is 1. The number of hydrogen-bond donors (Lipinski definition) is 4. The number of fused-ring (bicyclic) bond motifs is 3. The molecular weight excluding hydrogens is 915 g/mol. The lowest BCUT2D eigenvalue weighted by Crippen LogP contribution is -2.61. The number of aliphatic hydroxyl groups is 4. The maximum Gasteiger partial charge on any atom is 0.329 e. The first-order valence-electron chi connectivity index (χ1n) is 26.2. The predicted molar refractivity (Wildman–Crippen MR) is 267 cm³/mol. The van der Waals surface area contributed by atoms with Crippen LogP contribution in [0, 0.1) is 35.5 Å². The molecule has 3 aliphatic heterocycles. The van der Waals surface area contributed by atoms with Crippen molar-refractivity contribution in [1.29, 1.82) is 0 Å². The molecule has 1 aliphatic carbocycles. The van der Waals surface area contributed by atoms with Gasteiger partial charge >= 0.3 is 5.97 Å². The second-order valence-corrected chi connectivity index (χ2v) is 20.9. The number of amides is 1. The molecule has 2 saturated heterocycles. The third-order valence-electron chi connectivity index (χ3n) is 15.2. The number of ether oxygens (including phenoxy) is 6. The van der Waals surface area contributed by atoms with Crippen LogP contribution in [0.5, 0.6) is 0 Å². The lowest BCUT2D eigenvalue weighted by molar-refractivity contribution is -0.266. The summed E-state index contributed by atoms with van der Waals surface area (Å²) in [6.45, 7) is 13.5. The summed E-state index contributed by atoms with van der Waals surface area (Å²) in [5.74, 6) is -8.23. The molecule has 16 nitrogen and oxygen atoms in total. The average molecular weight is 1000 g/mol. The maximum absolute atomic E-state index is 14.5. The summed E-state index contributed by atoms with van der Waals surface area (Å²) >= 11 is 0. The Hall–Kier alpha value is -3.45. The van der Waals surface area contributed by atoms with Crippen LogP contribution in [0.25, 0.3) is 0 Å². The highest BCUT2D eigenvalue weighted by atomic mass is 16.6. The average Bonchev–Trinajstić information content (AvgIpc) is 3.34. The van der Waals surface area contributed by atoms with E-state index in [4.69, 9.17) is 33.5 Å². The number of nitrogens with zero attached hydrogens (tertiary/aromatic N) is 1. The molecule has 3 heterocycles. The Morgan fingerprint density at radius 3 is 2.31 bits per heavy atom. The van der Waals surface area contributed by atoms with E-state index in [0.29, 0.717) is 83.0 Å². The van der Waals surface area contributed by atoms with E-state index in [0.717, 1.165) is 5.57 Å². The molecule has 402 valence electrons. The Morgan fingerprint density at radius 1 is 0.859 bits per heavy atom. The molecule has 0 aromatic heterocycles. The van der Waals surface area contributed by atoms with E-state index in [9.17, 15) is 39.3 Å². The summed E-state index contributed by atoms with van der Waals surface area (Å²) in [6.07, 6.45) is 11.2. The number of Topliss-reactive ketones (excluding diaryl/α,β-unsaturated/α-hetero) is 3. The van der Waals surface area contributed by atoms with Crippen LogP contribution in [-0.4, -0.2) is 156 Å². The van der Waals surface area contributed by atoms with E-state index in [1.807, 2.05) is 58.1 Å². The van der Waals surface area contributed by atoms with Gasteiger partial charge in [-0.1, -0.05) is 71.1 Å². The summed E-state index contributed by atoms with van der Waals surface area (Å²) in [6, 6.07) is -1.17. The predicted octanol–water partition coefficient (Wildman–Crippen LogP) is 5.95. The van der Waals surface area contributed by atoms with E-state index >= 15 is 0 Å². The van der Waals surface area contributed by atoms with Crippen molar-refractivity contribution in [3.8, 4) is 0 Å². The van der Waals surface area contributed by atoms with Gasteiger partial charge in [-0.3, -0.25) is 19.2 Å². The molecule has 71 heavy (non-hydrogen) atoms. The van der Waals surface area contributed by atoms with Crippen LogP contribution in [0.4, 0.5) is 0 Å². The van der Waals surface area contributed by atoms with E-state index in [1.165, 1.54) is 12.0 Å². The highest BCUT2D eigenvalue weighted by Crippen LogP contribution is 2.38. The van der Waals surface area contributed by atoms with Gasteiger partial charge in [0.2, 0.25) is 5.79 Å². The standard InChI is InChI=1S/C55H87NO15/c1-34-16-11-10-12-17-35(2)46(69-26-15-25-68-27-24-57)32-42-21-19-40(7)55(65,71-42)52(62)53(63)56-23-14-13-18-43(56)54(64)70-47(37(4)30-41-20-22-44(58)48(31-41)66-8)33-45(59)36(3)29-39(6)50(61)51(67-9)49(60)38(5)28-34/h10-12,16-17,29,34,36-38,40-44,46-48,50-51,57-58,61,65H,13-15,18-28,30-33H2,1-9H3/b12-10+,16-11+,35-17+,39-29+/t34-,36-,37-,38-,40-,41+,42+,43+,44-,46-,47+,48-,50-,51+,55-/m1/s1. The van der Waals surface area contributed by atoms with Crippen LogP contribution in [0.15, 0.2) is 47.6 Å². The number of aliphatic hydroxyl groups excluding tert-OH is 3. The number of ketones is 3. The summed E-state index contributed by atoms with van der Waals surface area (Å²) in [4.78, 5) is 72.4. The minimum Gasteiger partial charge on any atom is -0.460 e. The van der Waals surface area contributed by atoms with Gasteiger partial charge in [-0.2, -0.15) is 0 Å². The lowest BCUT2D eigenvalue weighted by Gasteiger charge is -2.43. The van der Waals surface area contributed by atoms with Gasteiger partial charge in [-0.05, 0) is 113 Å². The van der Waals surface area contributed by atoms with Crippen LogP contribution < -0.4 is 0 Å². The highest BCUT2D eigenvalue weighted by molar-refractivity contribution is 6.39. The molecule has 4 rings (SSSR count). The number of methoxy groups -OCH3 is 2. The topological polar surface area (TPSA) is 225 Å². The lowest BCUT2D eigenvalue weighted by atomic mass is 9.78. The van der Waals surface area contributed by atoms with Crippen LogP contribution in [0.2, 0.25) is 0 Å². The van der Waals surface area contributed by atoms with E-state index in [2.05, 4.69) is 0 Å². The van der Waals surface area contributed by atoms with Gasteiger partial charge in [0.05, 0.1) is 37.6 Å². The van der Waals surface area contributed by atoms with Crippen molar-refractivity contribution in [2.75, 3.05) is 47.2 Å². The SMILES string of the molecule is CO[C@@H]1C[C@H](C[C@@H](C)[C@@H]2CC(=O)[C@H](C)/C=C(\C)[C@@H](O)[C@@H](OC)C(=O)[C@H](C)C[C@H](C)/C=C/C=C/C=C(\C)[C@H](OCCCOCCO)C[C@@H]3CC[C@@H](C)[C@@](O)(O3)C(=O)C(=O)N3CCCC[C@H]3C(=O)O2)CC[C@H]1O. The quantitative estimate of drug-likeness (QED) is 0.0768. The number of piperidine rings is 1. The normalized spacial score (nSPS) is 38.0. The first-order chi connectivity index (χ1) is 33.7. The Kier molecular flexibility index (Phi) is 24.9. The molecule has 1 amide bonds. The first kappa shape index (κ1) is 60.1. The van der Waals surface area contributed by atoms with Gasteiger partial charge in [-0.15, -0.1) is 0 Å². The summed E-state index contributed by atoms with van der Waals surface area (Å²) in [5.41, 5.74) is 1.22. The minimum atomic E-state index is -2.48. The second kappa shape index (κ2) is 29.4. The fourth-order valence-electron chi connectivity index (χ4n) is 10.6. The fraction of sp³-hybridized carbons (Fsp3) is 0.764. The molecule has 16 heteroatoms. The van der Waals surface area contributed by atoms with Crippen LogP contribution >= 0.6 is 0 Å². The number of hydrogen-bond acceptors (Lipinski definition) is 15. The van der Waals surface area contributed by atoms with Gasteiger partial charge in [0.15, 0.2) is 5.78 Å². The fourth-order valence-corrected chi connectivity index (χ4v) is 10.6. The number of esters is 1. The van der Waals surface area contributed by atoms with Crippen molar-refractivity contribution >= 4 is 29.2 Å². The van der Waals surface area contributed by atoms with Crippen molar-refractivity contribution in [2.45, 2.75) is 186 Å². The molecular formula is C55H87NO15. The molecule has 2 bridgehead atoms.